The van der Waals surface area contributed by atoms with Gasteiger partial charge in [-0.2, -0.15) is 13.5 Å². The zero-order chi connectivity index (χ0) is 21.7. The highest BCUT2D eigenvalue weighted by Gasteiger charge is 2.36. The molecule has 1 aliphatic heterocycles. The Morgan fingerprint density at radius 2 is 1.67 bits per heavy atom. The number of thiocarbonyl (C=S) groups is 1. The maximum atomic E-state index is 13.3. The van der Waals surface area contributed by atoms with Crippen LogP contribution in [-0.4, -0.2) is 29.7 Å². The lowest BCUT2D eigenvalue weighted by atomic mass is 10.2. The molecule has 0 fully saturated rings. The molecule has 0 radical (unpaired) electrons. The highest BCUT2D eigenvalue weighted by Crippen LogP contribution is 2.47. The Labute approximate surface area is 185 Å². The molecule has 0 spiro atoms. The first-order chi connectivity index (χ1) is 14.2. The van der Waals surface area contributed by atoms with Crippen molar-refractivity contribution in [2.45, 2.75) is 18.7 Å². The van der Waals surface area contributed by atoms with E-state index >= 15 is 0 Å². The van der Waals surface area contributed by atoms with Gasteiger partial charge in [0.05, 0.1) is 23.3 Å². The number of hydrogen-bond acceptors (Lipinski definition) is 6. The second-order valence-corrected chi connectivity index (χ2v) is 12.8. The van der Waals surface area contributed by atoms with Gasteiger partial charge in [0.1, 0.15) is 17.1 Å². The molecule has 1 unspecified atom stereocenters. The van der Waals surface area contributed by atoms with Gasteiger partial charge in [0.25, 0.3) is 10.0 Å². The molecule has 0 amide bonds. The van der Waals surface area contributed by atoms with Gasteiger partial charge in [-0.05, 0) is 62.1 Å². The van der Waals surface area contributed by atoms with Crippen LogP contribution in [-0.2, 0) is 21.8 Å². The molecule has 2 heterocycles. The minimum Gasteiger partial charge on any atom is -0.497 e. The van der Waals surface area contributed by atoms with Crippen LogP contribution in [0.1, 0.15) is 16.8 Å². The van der Waals surface area contributed by atoms with Crippen LogP contribution < -0.4 is 20.2 Å². The third-order valence-corrected chi connectivity index (χ3v) is 10.1. The first kappa shape index (κ1) is 21.0. The fraction of sp³-hybridized carbons (Fsp3) is 0.158. The Bertz CT molecular complexity index is 1300. The number of aryl methyl sites for hydroxylation is 2. The highest BCUT2D eigenvalue weighted by atomic mass is 32.4. The zero-order valence-electron chi connectivity index (χ0n) is 16.4. The first-order valence-corrected chi connectivity index (χ1v) is 13.6. The molecule has 1 aromatic heterocycles. The number of fused-ring (bicyclic) bond motifs is 1. The first-order valence-electron chi connectivity index (χ1n) is 8.93. The van der Waals surface area contributed by atoms with Crippen LogP contribution in [0.5, 0.6) is 5.75 Å². The Morgan fingerprint density at radius 3 is 2.27 bits per heavy atom. The van der Waals surface area contributed by atoms with Crippen LogP contribution in [0, 0.1) is 13.8 Å². The lowest BCUT2D eigenvalue weighted by Gasteiger charge is -2.32. The maximum Gasteiger partial charge on any atom is 0.284 e. The van der Waals surface area contributed by atoms with E-state index in [1.807, 2.05) is 19.1 Å². The molecule has 30 heavy (non-hydrogen) atoms. The second kappa shape index (κ2) is 7.46. The van der Waals surface area contributed by atoms with Crippen LogP contribution in [0.4, 0.5) is 5.82 Å². The van der Waals surface area contributed by atoms with Gasteiger partial charge in [-0.1, -0.05) is 29.9 Å². The average molecular weight is 479 g/mol. The summed E-state index contributed by atoms with van der Waals surface area (Å²) in [7, 11) is -2.35. The molecule has 11 heteroatoms. The summed E-state index contributed by atoms with van der Waals surface area (Å²) in [5.41, 5.74) is 2.00. The van der Waals surface area contributed by atoms with Crippen molar-refractivity contribution in [3.63, 3.8) is 0 Å². The number of nitrogens with one attached hydrogen (secondary N) is 2. The molecule has 2 N–H and O–H groups in total. The predicted octanol–water partition coefficient (Wildman–Crippen LogP) is 3.07. The van der Waals surface area contributed by atoms with Gasteiger partial charge in [0.2, 0.25) is 0 Å². The van der Waals surface area contributed by atoms with E-state index < -0.39 is 16.4 Å². The quantitative estimate of drug-likeness (QED) is 0.437. The molecule has 0 saturated carbocycles. The topological polar surface area (TPSA) is 85.2 Å². The Kier molecular flexibility index (Phi) is 5.22. The average Bonchev–Trinajstić information content (AvgIpc) is 3.05. The standard InChI is InChI=1S/C19H19N4O3PS3/c1-12-4-10-16(11-5-12)30(24,25)23-18-17(13(2)20-23)19(28)22-27(29,21-18)15-8-6-14(26-3)7-9-15/h4-11H,1-3H3,(H2,21,22,28,29). The molecule has 3 aromatic rings. The Balaban J connectivity index is 1.84. The van der Waals surface area contributed by atoms with E-state index in [9.17, 15) is 8.42 Å². The van der Waals surface area contributed by atoms with Gasteiger partial charge >= 0.3 is 0 Å². The molecule has 0 saturated heterocycles. The zero-order valence-corrected chi connectivity index (χ0v) is 19.8. The van der Waals surface area contributed by atoms with Crippen molar-refractivity contribution in [3.05, 3.63) is 65.4 Å². The summed E-state index contributed by atoms with van der Waals surface area (Å²) in [4.78, 5) is 0.521. The van der Waals surface area contributed by atoms with E-state index in [0.29, 0.717) is 22.0 Å². The van der Waals surface area contributed by atoms with Crippen LogP contribution in [0.3, 0.4) is 0 Å². The third kappa shape index (κ3) is 3.43. The highest BCUT2D eigenvalue weighted by molar-refractivity contribution is 8.18. The van der Waals surface area contributed by atoms with E-state index in [2.05, 4.69) is 15.3 Å². The summed E-state index contributed by atoms with van der Waals surface area (Å²) < 4.78 is 32.9. The predicted molar refractivity (Wildman–Crippen MR) is 126 cm³/mol. The SMILES string of the molecule is COc1ccc(P2(=S)NC(=S)c3c(C)nn(S(=O)(=O)c4ccc(C)cc4)c3N2)cc1. The molecular formula is C19H19N4O3PS3. The Morgan fingerprint density at radius 1 is 1.03 bits per heavy atom. The lowest BCUT2D eigenvalue weighted by molar-refractivity contribution is 0.415. The monoisotopic (exact) mass is 478 g/mol. The van der Waals surface area contributed by atoms with Crippen molar-refractivity contribution in [2.75, 3.05) is 12.2 Å². The second-order valence-electron chi connectivity index (χ2n) is 6.83. The molecule has 156 valence electrons. The van der Waals surface area contributed by atoms with Crippen molar-refractivity contribution >= 4 is 56.5 Å². The number of benzene rings is 2. The number of aromatic nitrogens is 2. The number of nitrogens with zero attached hydrogens (tertiary/aromatic N) is 2. The van der Waals surface area contributed by atoms with E-state index in [4.69, 9.17) is 28.8 Å². The largest absolute Gasteiger partial charge is 0.497 e. The molecule has 0 aliphatic carbocycles. The number of anilines is 1. The van der Waals surface area contributed by atoms with Crippen LogP contribution >= 0.6 is 18.6 Å². The van der Waals surface area contributed by atoms with Gasteiger partial charge in [0.15, 0.2) is 5.82 Å². The lowest BCUT2D eigenvalue weighted by Crippen LogP contribution is -2.35. The van der Waals surface area contributed by atoms with Gasteiger partial charge in [-0.3, -0.25) is 0 Å². The van der Waals surface area contributed by atoms with Crippen LogP contribution in [0.2, 0.25) is 0 Å². The summed E-state index contributed by atoms with van der Waals surface area (Å²) >= 11 is 11.5. The fourth-order valence-electron chi connectivity index (χ4n) is 3.15. The van der Waals surface area contributed by atoms with E-state index in [0.717, 1.165) is 15.0 Å². The van der Waals surface area contributed by atoms with Gasteiger partial charge in [-0.25, -0.2) is 0 Å². The Hall–Kier alpha value is -2.26. The third-order valence-electron chi connectivity index (χ3n) is 4.76. The molecule has 2 aromatic carbocycles. The summed E-state index contributed by atoms with van der Waals surface area (Å²) in [6, 6.07) is 13.9. The number of hydrogen-bond donors (Lipinski definition) is 2. The number of rotatable bonds is 4. The smallest absolute Gasteiger partial charge is 0.284 e. The van der Waals surface area contributed by atoms with Gasteiger partial charge < -0.3 is 14.9 Å². The minimum absolute atomic E-state index is 0.141. The number of ether oxygens (including phenoxy) is 1. The van der Waals surface area contributed by atoms with E-state index in [1.165, 1.54) is 0 Å². The fourth-order valence-corrected chi connectivity index (χ4v) is 8.02. The van der Waals surface area contributed by atoms with Crippen molar-refractivity contribution < 1.29 is 13.2 Å². The van der Waals surface area contributed by atoms with Crippen LogP contribution in [0.25, 0.3) is 0 Å². The summed E-state index contributed by atoms with van der Waals surface area (Å²) in [6.07, 6.45) is -2.66. The molecule has 7 nitrogen and oxygen atoms in total. The van der Waals surface area contributed by atoms with Crippen molar-refractivity contribution in [1.29, 1.82) is 0 Å². The van der Waals surface area contributed by atoms with E-state index in [1.54, 1.807) is 50.4 Å². The van der Waals surface area contributed by atoms with Gasteiger partial charge in [-0.15, -0.1) is 4.09 Å². The minimum atomic E-state index is -3.94. The molecular weight excluding hydrogens is 459 g/mol. The molecule has 4 rings (SSSR count). The van der Waals surface area contributed by atoms with Crippen molar-refractivity contribution in [3.8, 4) is 5.75 Å². The van der Waals surface area contributed by atoms with Crippen molar-refractivity contribution in [1.82, 2.24) is 14.3 Å². The normalized spacial score (nSPS) is 18.3. The number of methoxy groups -OCH3 is 1. The summed E-state index contributed by atoms with van der Waals surface area (Å²) in [5.74, 6) is 0.986. The van der Waals surface area contributed by atoms with Gasteiger partial charge in [0, 0.05) is 5.30 Å². The molecule has 0 bridgehead atoms. The summed E-state index contributed by atoms with van der Waals surface area (Å²) in [6.45, 7) is 3.62. The molecule has 1 atom stereocenters. The van der Waals surface area contributed by atoms with E-state index in [-0.39, 0.29) is 10.7 Å². The maximum absolute atomic E-state index is 13.3. The molecule has 1 aliphatic rings. The summed E-state index contributed by atoms with van der Waals surface area (Å²) in [5, 5.41) is 11.5. The van der Waals surface area contributed by atoms with Crippen molar-refractivity contribution in [2.24, 2.45) is 0 Å². The van der Waals surface area contributed by atoms with Crippen LogP contribution in [0.15, 0.2) is 53.4 Å².